The van der Waals surface area contributed by atoms with Crippen LogP contribution in [0.5, 0.6) is 0 Å². The molecule has 1 aromatic carbocycles. The molecule has 3 rings (SSSR count). The molecular weight excluding hydrogens is 258 g/mol. The van der Waals surface area contributed by atoms with E-state index in [2.05, 4.69) is 0 Å². The molecule has 0 saturated carbocycles. The number of carbonyl (C=O) groups excluding carboxylic acids is 1. The predicted octanol–water partition coefficient (Wildman–Crippen LogP) is 1.26. The molecule has 1 fully saturated rings. The maximum Gasteiger partial charge on any atom is 0.258 e. The molecule has 0 aliphatic carbocycles. The van der Waals surface area contributed by atoms with Gasteiger partial charge >= 0.3 is 0 Å². The number of aliphatic hydroxyl groups excluding tert-OH is 1. The minimum atomic E-state index is -0.535. The van der Waals surface area contributed by atoms with Gasteiger partial charge in [-0.25, -0.2) is 0 Å². The largest absolute Gasteiger partial charge is 0.388 e. The molecule has 5 nitrogen and oxygen atoms in total. The predicted molar refractivity (Wildman–Crippen MR) is 73.5 cm³/mol. The lowest BCUT2D eigenvalue weighted by atomic mass is 10.0. The monoisotopic (exact) mass is 277 g/mol. The van der Waals surface area contributed by atoms with Crippen LogP contribution in [0.2, 0.25) is 0 Å². The fraction of sp³-hybridized carbons (Fsp3) is 0.533. The first-order valence-corrected chi connectivity index (χ1v) is 7.05. The van der Waals surface area contributed by atoms with Gasteiger partial charge in [0.2, 0.25) is 0 Å². The molecule has 1 saturated heterocycles. The van der Waals surface area contributed by atoms with Crippen LogP contribution in [0.1, 0.15) is 24.5 Å². The number of ether oxygens (including phenoxy) is 2. The van der Waals surface area contributed by atoms with Crippen LogP contribution in [-0.2, 0) is 14.3 Å². The summed E-state index contributed by atoms with van der Waals surface area (Å²) in [5.74, 6) is -0.0775. The Morgan fingerprint density at radius 1 is 1.30 bits per heavy atom. The average molecular weight is 277 g/mol. The van der Waals surface area contributed by atoms with Gasteiger partial charge in [-0.1, -0.05) is 18.2 Å². The van der Waals surface area contributed by atoms with E-state index in [9.17, 15) is 9.90 Å². The van der Waals surface area contributed by atoms with Crippen LogP contribution in [0.15, 0.2) is 24.3 Å². The summed E-state index contributed by atoms with van der Waals surface area (Å²) in [6.07, 6.45) is 0.400. The normalized spacial score (nSPS) is 26.8. The van der Waals surface area contributed by atoms with Crippen molar-refractivity contribution in [1.82, 2.24) is 0 Å². The molecule has 2 atom stereocenters. The van der Waals surface area contributed by atoms with Gasteiger partial charge in [-0.05, 0) is 18.9 Å². The van der Waals surface area contributed by atoms with Crippen LogP contribution >= 0.6 is 0 Å². The number of aliphatic hydroxyl groups is 1. The molecule has 2 heterocycles. The summed E-state index contributed by atoms with van der Waals surface area (Å²) in [6, 6.07) is 7.53. The van der Waals surface area contributed by atoms with E-state index >= 15 is 0 Å². The van der Waals surface area contributed by atoms with Gasteiger partial charge in [0.25, 0.3) is 5.91 Å². The van der Waals surface area contributed by atoms with E-state index in [1.54, 1.807) is 4.90 Å². The van der Waals surface area contributed by atoms with Crippen LogP contribution in [0.25, 0.3) is 0 Å². The average Bonchev–Trinajstić information content (AvgIpc) is 2.67. The van der Waals surface area contributed by atoms with E-state index in [1.807, 2.05) is 24.3 Å². The van der Waals surface area contributed by atoms with Gasteiger partial charge < -0.3 is 19.5 Å². The lowest BCUT2D eigenvalue weighted by molar-refractivity contribution is -0.144. The lowest BCUT2D eigenvalue weighted by Gasteiger charge is -2.29. The van der Waals surface area contributed by atoms with E-state index in [-0.39, 0.29) is 5.91 Å². The van der Waals surface area contributed by atoms with Crippen LogP contribution in [0, 0.1) is 0 Å². The molecule has 1 aromatic rings. The van der Waals surface area contributed by atoms with Crippen molar-refractivity contribution >= 4 is 11.6 Å². The number of anilines is 1. The Balaban J connectivity index is 1.88. The van der Waals surface area contributed by atoms with E-state index in [0.717, 1.165) is 17.7 Å². The molecule has 108 valence electrons. The number of rotatable bonds is 1. The van der Waals surface area contributed by atoms with Gasteiger partial charge in [-0.2, -0.15) is 0 Å². The number of amides is 1. The van der Waals surface area contributed by atoms with Gasteiger partial charge in [0, 0.05) is 17.8 Å². The van der Waals surface area contributed by atoms with Crippen molar-refractivity contribution in [2.45, 2.75) is 25.0 Å². The number of hydrogen-bond donors (Lipinski definition) is 1. The van der Waals surface area contributed by atoms with Crippen LogP contribution in [-0.4, -0.2) is 43.5 Å². The Labute approximate surface area is 118 Å². The smallest absolute Gasteiger partial charge is 0.258 e. The van der Waals surface area contributed by atoms with E-state index < -0.39 is 12.2 Å². The molecule has 20 heavy (non-hydrogen) atoms. The number of benzene rings is 1. The highest BCUT2D eigenvalue weighted by Crippen LogP contribution is 2.33. The number of carbonyl (C=O) groups is 1. The van der Waals surface area contributed by atoms with Gasteiger partial charge in [-0.15, -0.1) is 0 Å². The molecule has 2 unspecified atom stereocenters. The number of nitrogens with zero attached hydrogens (tertiary/aromatic N) is 1. The zero-order chi connectivity index (χ0) is 13.9. The van der Waals surface area contributed by atoms with E-state index in [0.29, 0.717) is 32.8 Å². The third-order valence-electron chi connectivity index (χ3n) is 3.80. The molecule has 0 spiro atoms. The topological polar surface area (TPSA) is 59.0 Å². The zero-order valence-electron chi connectivity index (χ0n) is 11.3. The minimum absolute atomic E-state index is 0.0775. The van der Waals surface area contributed by atoms with Gasteiger partial charge in [-0.3, -0.25) is 4.79 Å². The molecule has 2 aliphatic rings. The van der Waals surface area contributed by atoms with Gasteiger partial charge in [0.05, 0.1) is 25.9 Å². The second-order valence-electron chi connectivity index (χ2n) is 5.14. The highest BCUT2D eigenvalue weighted by atomic mass is 16.6. The number of hydrogen-bond acceptors (Lipinski definition) is 4. The minimum Gasteiger partial charge on any atom is -0.388 e. The number of para-hydroxylation sites is 1. The van der Waals surface area contributed by atoms with Crippen molar-refractivity contribution in [1.29, 1.82) is 0 Å². The van der Waals surface area contributed by atoms with E-state index in [4.69, 9.17) is 9.47 Å². The number of fused-ring (bicyclic) bond motifs is 1. The second-order valence-corrected chi connectivity index (χ2v) is 5.14. The van der Waals surface area contributed by atoms with Crippen LogP contribution in [0.4, 0.5) is 5.69 Å². The van der Waals surface area contributed by atoms with Crippen molar-refractivity contribution in [3.63, 3.8) is 0 Å². The summed E-state index contributed by atoms with van der Waals surface area (Å²) in [4.78, 5) is 14.3. The molecule has 5 heteroatoms. The van der Waals surface area contributed by atoms with E-state index in [1.165, 1.54) is 0 Å². The van der Waals surface area contributed by atoms with Crippen molar-refractivity contribution in [2.24, 2.45) is 0 Å². The van der Waals surface area contributed by atoms with Crippen molar-refractivity contribution in [3.8, 4) is 0 Å². The van der Waals surface area contributed by atoms with Crippen LogP contribution in [0.3, 0.4) is 0 Å². The van der Waals surface area contributed by atoms with Crippen molar-refractivity contribution < 1.29 is 19.4 Å². The molecule has 1 amide bonds. The van der Waals surface area contributed by atoms with Crippen molar-refractivity contribution in [2.75, 3.05) is 31.3 Å². The molecule has 1 N–H and O–H groups in total. The van der Waals surface area contributed by atoms with Crippen LogP contribution < -0.4 is 4.90 Å². The Morgan fingerprint density at radius 3 is 2.95 bits per heavy atom. The molecule has 0 bridgehead atoms. The quantitative estimate of drug-likeness (QED) is 0.839. The SMILES string of the molecule is O=C(C1COCCO1)N1CCCC(O)c2ccccc21. The maximum atomic E-state index is 12.6. The first kappa shape index (κ1) is 13.5. The summed E-state index contributed by atoms with van der Waals surface area (Å²) in [5, 5.41) is 10.2. The Morgan fingerprint density at radius 2 is 2.15 bits per heavy atom. The summed E-state index contributed by atoms with van der Waals surface area (Å²) in [5.41, 5.74) is 1.60. The highest BCUT2D eigenvalue weighted by Gasteiger charge is 2.31. The summed E-state index contributed by atoms with van der Waals surface area (Å²) >= 11 is 0. The second kappa shape index (κ2) is 5.91. The maximum absolute atomic E-state index is 12.6. The fourth-order valence-corrected chi connectivity index (χ4v) is 2.77. The lowest BCUT2D eigenvalue weighted by Crippen LogP contribution is -2.45. The standard InChI is InChI=1S/C15H19NO4/c17-13-6-3-7-16(12-5-2-1-4-11(12)13)15(18)14-10-19-8-9-20-14/h1-2,4-5,13-14,17H,3,6-10H2. The molecule has 2 aliphatic heterocycles. The Hall–Kier alpha value is -1.43. The molecular formula is C15H19NO4. The third-order valence-corrected chi connectivity index (χ3v) is 3.80. The molecule has 0 aromatic heterocycles. The fourth-order valence-electron chi connectivity index (χ4n) is 2.77. The summed E-state index contributed by atoms with van der Waals surface area (Å²) < 4.78 is 10.8. The summed E-state index contributed by atoms with van der Waals surface area (Å²) in [6.45, 7) is 1.90. The van der Waals surface area contributed by atoms with Gasteiger partial charge in [0.1, 0.15) is 0 Å². The summed E-state index contributed by atoms with van der Waals surface area (Å²) in [7, 11) is 0. The first-order valence-electron chi connectivity index (χ1n) is 7.05. The Kier molecular flexibility index (Phi) is 4.00. The first-order chi connectivity index (χ1) is 9.77. The van der Waals surface area contributed by atoms with Crippen molar-refractivity contribution in [3.05, 3.63) is 29.8 Å². The highest BCUT2D eigenvalue weighted by molar-refractivity contribution is 5.97. The third kappa shape index (κ3) is 2.57. The Bertz CT molecular complexity index is 485. The molecule has 0 radical (unpaired) electrons. The van der Waals surface area contributed by atoms with Gasteiger partial charge in [0.15, 0.2) is 6.10 Å². The zero-order valence-corrected chi connectivity index (χ0v) is 11.3.